The van der Waals surface area contributed by atoms with E-state index in [0.29, 0.717) is 19.6 Å². The first-order valence-corrected chi connectivity index (χ1v) is 8.03. The highest BCUT2D eigenvalue weighted by Crippen LogP contribution is 2.19. The fourth-order valence-electron chi connectivity index (χ4n) is 2.51. The Bertz CT molecular complexity index is 333. The number of likely N-dealkylation sites (N-methyl/N-ethyl adjacent to an activating group) is 1. The third-order valence-electron chi connectivity index (χ3n) is 3.67. The third kappa shape index (κ3) is 2.81. The summed E-state index contributed by atoms with van der Waals surface area (Å²) in [6, 6.07) is 0.160. The summed E-state index contributed by atoms with van der Waals surface area (Å²) in [5.41, 5.74) is 0. The van der Waals surface area contributed by atoms with Gasteiger partial charge in [0.05, 0.1) is 6.04 Å². The van der Waals surface area contributed by atoms with Crippen LogP contribution in [0.2, 0.25) is 0 Å². The number of hydrogen-bond acceptors (Lipinski definition) is 3. The Kier molecular flexibility index (Phi) is 4.41. The second kappa shape index (κ2) is 5.65. The summed E-state index contributed by atoms with van der Waals surface area (Å²) < 4.78 is 28.4. The molecule has 0 aromatic rings. The maximum atomic E-state index is 12.5. The largest absolute Gasteiger partial charge is 0.313 e. The summed E-state index contributed by atoms with van der Waals surface area (Å²) in [5.74, 6) is 0. The van der Waals surface area contributed by atoms with Crippen LogP contribution in [-0.4, -0.2) is 55.8 Å². The minimum Gasteiger partial charge on any atom is -0.313 e. The van der Waals surface area contributed by atoms with Gasteiger partial charge >= 0.3 is 0 Å². The van der Waals surface area contributed by atoms with E-state index < -0.39 is 10.2 Å². The molecule has 2 aliphatic rings. The minimum atomic E-state index is -3.23. The maximum Gasteiger partial charge on any atom is 0.282 e. The van der Waals surface area contributed by atoms with E-state index in [1.807, 2.05) is 6.92 Å². The molecule has 2 saturated heterocycles. The SMILES string of the molecule is CCN(C1CNC1)S(=O)(=O)N1CCCCCC1. The van der Waals surface area contributed by atoms with Gasteiger partial charge in [-0.1, -0.05) is 19.8 Å². The molecule has 1 N–H and O–H groups in total. The third-order valence-corrected chi connectivity index (χ3v) is 5.83. The lowest BCUT2D eigenvalue weighted by atomic mass is 10.2. The Morgan fingerprint density at radius 3 is 2.18 bits per heavy atom. The number of rotatable bonds is 4. The van der Waals surface area contributed by atoms with Crippen LogP contribution in [0, 0.1) is 0 Å². The predicted octanol–water partition coefficient (Wildman–Crippen LogP) is 0.401. The Hall–Kier alpha value is -0.170. The zero-order chi connectivity index (χ0) is 12.3. The van der Waals surface area contributed by atoms with Gasteiger partial charge in [0.1, 0.15) is 0 Å². The smallest absolute Gasteiger partial charge is 0.282 e. The molecular formula is C11H23N3O2S. The quantitative estimate of drug-likeness (QED) is 0.797. The average molecular weight is 261 g/mol. The lowest BCUT2D eigenvalue weighted by molar-refractivity contribution is 0.231. The molecule has 0 amide bonds. The van der Waals surface area contributed by atoms with Crippen molar-refractivity contribution >= 4 is 10.2 Å². The molecule has 0 spiro atoms. The molecule has 6 heteroatoms. The number of hydrogen-bond donors (Lipinski definition) is 1. The molecule has 2 rings (SSSR count). The Labute approximate surface area is 104 Å². The van der Waals surface area contributed by atoms with Crippen molar-refractivity contribution in [1.82, 2.24) is 13.9 Å². The molecule has 2 fully saturated rings. The van der Waals surface area contributed by atoms with E-state index in [1.54, 1.807) is 8.61 Å². The molecule has 0 radical (unpaired) electrons. The molecule has 0 aromatic heterocycles. The van der Waals surface area contributed by atoms with Crippen LogP contribution in [0.1, 0.15) is 32.6 Å². The van der Waals surface area contributed by atoms with E-state index in [-0.39, 0.29) is 6.04 Å². The van der Waals surface area contributed by atoms with Crippen molar-refractivity contribution in [3.63, 3.8) is 0 Å². The van der Waals surface area contributed by atoms with Gasteiger partial charge in [0, 0.05) is 32.7 Å². The zero-order valence-corrected chi connectivity index (χ0v) is 11.4. The van der Waals surface area contributed by atoms with Crippen LogP contribution in [0.5, 0.6) is 0 Å². The molecule has 0 aliphatic carbocycles. The van der Waals surface area contributed by atoms with Crippen LogP contribution in [0.4, 0.5) is 0 Å². The highest BCUT2D eigenvalue weighted by atomic mass is 32.2. The van der Waals surface area contributed by atoms with E-state index >= 15 is 0 Å². The standard InChI is InChI=1S/C11H23N3O2S/c1-2-14(11-9-12-10-11)17(15,16)13-7-5-3-4-6-8-13/h11-12H,2-10H2,1H3. The summed E-state index contributed by atoms with van der Waals surface area (Å²) in [6.07, 6.45) is 4.31. The Morgan fingerprint density at radius 2 is 1.76 bits per heavy atom. The van der Waals surface area contributed by atoms with Gasteiger partial charge in [-0.25, -0.2) is 0 Å². The number of nitrogens with zero attached hydrogens (tertiary/aromatic N) is 2. The van der Waals surface area contributed by atoms with Crippen molar-refractivity contribution < 1.29 is 8.42 Å². The normalized spacial score (nSPS) is 24.6. The molecule has 0 atom stereocenters. The van der Waals surface area contributed by atoms with Gasteiger partial charge < -0.3 is 5.32 Å². The molecule has 0 bridgehead atoms. The lowest BCUT2D eigenvalue weighted by Gasteiger charge is -2.39. The second-order valence-corrected chi connectivity index (χ2v) is 6.72. The molecule has 2 heterocycles. The van der Waals surface area contributed by atoms with Crippen molar-refractivity contribution in [1.29, 1.82) is 0 Å². The van der Waals surface area contributed by atoms with Gasteiger partial charge in [-0.05, 0) is 12.8 Å². The van der Waals surface area contributed by atoms with Crippen molar-refractivity contribution in [3.8, 4) is 0 Å². The van der Waals surface area contributed by atoms with Crippen molar-refractivity contribution in [2.45, 2.75) is 38.6 Å². The van der Waals surface area contributed by atoms with Crippen LogP contribution in [0.25, 0.3) is 0 Å². The van der Waals surface area contributed by atoms with Gasteiger partial charge in [-0.2, -0.15) is 17.0 Å². The molecule has 0 saturated carbocycles. The van der Waals surface area contributed by atoms with E-state index in [4.69, 9.17) is 0 Å². The molecular weight excluding hydrogens is 238 g/mol. The molecule has 5 nitrogen and oxygen atoms in total. The molecule has 0 unspecified atom stereocenters. The van der Waals surface area contributed by atoms with Crippen LogP contribution < -0.4 is 5.32 Å². The highest BCUT2D eigenvalue weighted by molar-refractivity contribution is 7.86. The Balaban J connectivity index is 2.08. The molecule has 2 aliphatic heterocycles. The molecule has 0 aromatic carbocycles. The first-order chi connectivity index (χ1) is 8.16. The molecule has 17 heavy (non-hydrogen) atoms. The minimum absolute atomic E-state index is 0.160. The lowest BCUT2D eigenvalue weighted by Crippen LogP contribution is -2.61. The summed E-state index contributed by atoms with van der Waals surface area (Å²) in [5, 5.41) is 3.14. The highest BCUT2D eigenvalue weighted by Gasteiger charge is 2.36. The summed E-state index contributed by atoms with van der Waals surface area (Å²) in [4.78, 5) is 0. The molecule has 100 valence electrons. The van der Waals surface area contributed by atoms with Gasteiger partial charge in [0.2, 0.25) is 0 Å². The summed E-state index contributed by atoms with van der Waals surface area (Å²) in [7, 11) is -3.23. The summed E-state index contributed by atoms with van der Waals surface area (Å²) >= 11 is 0. The first kappa shape index (κ1) is 13.3. The fourth-order valence-corrected chi connectivity index (χ4v) is 4.38. The van der Waals surface area contributed by atoms with E-state index in [0.717, 1.165) is 38.8 Å². The van der Waals surface area contributed by atoms with Crippen LogP contribution in [-0.2, 0) is 10.2 Å². The second-order valence-electron chi connectivity index (χ2n) is 4.84. The summed E-state index contributed by atoms with van der Waals surface area (Å²) in [6.45, 7) is 5.47. The van der Waals surface area contributed by atoms with Crippen molar-refractivity contribution in [2.75, 3.05) is 32.7 Å². The van der Waals surface area contributed by atoms with Crippen LogP contribution in [0.15, 0.2) is 0 Å². The number of nitrogens with one attached hydrogen (secondary N) is 1. The van der Waals surface area contributed by atoms with E-state index in [2.05, 4.69) is 5.32 Å². The monoisotopic (exact) mass is 261 g/mol. The van der Waals surface area contributed by atoms with Crippen LogP contribution in [0.3, 0.4) is 0 Å². The van der Waals surface area contributed by atoms with E-state index in [1.165, 1.54) is 0 Å². The van der Waals surface area contributed by atoms with E-state index in [9.17, 15) is 8.42 Å². The first-order valence-electron chi connectivity index (χ1n) is 6.64. The topological polar surface area (TPSA) is 52.7 Å². The van der Waals surface area contributed by atoms with Crippen molar-refractivity contribution in [2.24, 2.45) is 0 Å². The maximum absolute atomic E-state index is 12.5. The van der Waals surface area contributed by atoms with Gasteiger partial charge in [-0.15, -0.1) is 0 Å². The van der Waals surface area contributed by atoms with Gasteiger partial charge in [-0.3, -0.25) is 0 Å². The fraction of sp³-hybridized carbons (Fsp3) is 1.00. The van der Waals surface area contributed by atoms with Crippen molar-refractivity contribution in [3.05, 3.63) is 0 Å². The van der Waals surface area contributed by atoms with Gasteiger partial charge in [0.25, 0.3) is 10.2 Å². The van der Waals surface area contributed by atoms with Crippen LogP contribution >= 0.6 is 0 Å². The Morgan fingerprint density at radius 1 is 1.18 bits per heavy atom. The van der Waals surface area contributed by atoms with Gasteiger partial charge in [0.15, 0.2) is 0 Å². The zero-order valence-electron chi connectivity index (χ0n) is 10.6. The predicted molar refractivity (Wildman–Crippen MR) is 68.0 cm³/mol. The average Bonchev–Trinajstić information content (AvgIpc) is 2.51.